The molecular weight excluding hydrogens is 158 g/mol. The van der Waals surface area contributed by atoms with Crippen LogP contribution in [0.4, 0.5) is 0 Å². The van der Waals surface area contributed by atoms with E-state index in [2.05, 4.69) is 57.6 Å². The van der Waals surface area contributed by atoms with Crippen molar-refractivity contribution in [2.45, 2.75) is 41.2 Å². The summed E-state index contributed by atoms with van der Waals surface area (Å²) in [5.41, 5.74) is 2.71. The zero-order valence-corrected chi connectivity index (χ0v) is 9.55. The van der Waals surface area contributed by atoms with Crippen LogP contribution in [-0.2, 0) is 0 Å². The summed E-state index contributed by atoms with van der Waals surface area (Å²) in [5, 5.41) is 0. The molecule has 0 aliphatic rings. The summed E-state index contributed by atoms with van der Waals surface area (Å²) in [4.78, 5) is 0. The van der Waals surface area contributed by atoms with E-state index in [4.69, 9.17) is 0 Å². The molecule has 0 aliphatic carbocycles. The van der Waals surface area contributed by atoms with E-state index in [1.54, 1.807) is 0 Å². The molecular formula is C9H18B2N2. The van der Waals surface area contributed by atoms with E-state index in [0.29, 0.717) is 6.85 Å². The first kappa shape index (κ1) is 10.4. The summed E-state index contributed by atoms with van der Waals surface area (Å²) in [6.07, 6.45) is 0. The molecule has 0 saturated heterocycles. The highest BCUT2D eigenvalue weighted by Gasteiger charge is 2.17. The van der Waals surface area contributed by atoms with Crippen molar-refractivity contribution in [2.75, 3.05) is 0 Å². The Bertz CT molecular complexity index is 316. The molecule has 1 aromatic heterocycles. The Morgan fingerprint density at radius 1 is 1.23 bits per heavy atom. The van der Waals surface area contributed by atoms with Gasteiger partial charge in [-0.25, -0.2) is 0 Å². The zero-order chi connectivity index (χ0) is 10.2. The fourth-order valence-electron chi connectivity index (χ4n) is 2.09. The monoisotopic (exact) mass is 176 g/mol. The number of rotatable bonds is 2. The van der Waals surface area contributed by atoms with E-state index in [9.17, 15) is 0 Å². The van der Waals surface area contributed by atoms with E-state index >= 15 is 0 Å². The third kappa shape index (κ3) is 1.54. The molecule has 2 radical (unpaired) electrons. The van der Waals surface area contributed by atoms with Crippen molar-refractivity contribution in [1.29, 1.82) is 0 Å². The van der Waals surface area contributed by atoms with Gasteiger partial charge in [0.1, 0.15) is 5.69 Å². The van der Waals surface area contributed by atoms with Gasteiger partial charge in [0, 0.05) is 6.92 Å². The molecule has 0 amide bonds. The second kappa shape index (κ2) is 3.60. The van der Waals surface area contributed by atoms with E-state index < -0.39 is 0 Å². The van der Waals surface area contributed by atoms with Crippen LogP contribution in [0.3, 0.4) is 0 Å². The minimum atomic E-state index is 0.542. The first-order valence-electron chi connectivity index (χ1n) is 4.89. The summed E-state index contributed by atoms with van der Waals surface area (Å²) in [5.74, 6) is 1.31. The van der Waals surface area contributed by atoms with Gasteiger partial charge in [-0.2, -0.15) is 13.6 Å². The van der Waals surface area contributed by atoms with Gasteiger partial charge in [-0.05, 0) is 20.7 Å². The second-order valence-electron chi connectivity index (χ2n) is 3.81. The number of hydrogen-bond donors (Lipinski definition) is 0. The van der Waals surface area contributed by atoms with Gasteiger partial charge < -0.3 is 8.96 Å². The molecule has 13 heavy (non-hydrogen) atoms. The van der Waals surface area contributed by atoms with Crippen LogP contribution in [0.2, 0.25) is 20.5 Å². The van der Waals surface area contributed by atoms with Gasteiger partial charge in [0.2, 0.25) is 0 Å². The highest BCUT2D eigenvalue weighted by atomic mass is 15.1. The predicted molar refractivity (Wildman–Crippen MR) is 58.7 cm³/mol. The molecule has 0 fully saturated rings. The molecule has 1 rings (SSSR count). The maximum atomic E-state index is 2.37. The summed E-state index contributed by atoms with van der Waals surface area (Å²) >= 11 is 0. The van der Waals surface area contributed by atoms with Crippen LogP contribution < -0.4 is 4.48 Å². The lowest BCUT2D eigenvalue weighted by Gasteiger charge is -2.15. The lowest BCUT2D eigenvalue weighted by Crippen LogP contribution is -2.50. The van der Waals surface area contributed by atoms with Gasteiger partial charge in [0.25, 0.3) is 0 Å². The molecule has 0 aromatic carbocycles. The van der Waals surface area contributed by atoms with Crippen LogP contribution in [-0.4, -0.2) is 18.7 Å². The zero-order valence-electron chi connectivity index (χ0n) is 9.55. The molecule has 0 N–H and O–H groups in total. The normalized spacial score (nSPS) is 11.0. The lowest BCUT2D eigenvalue weighted by atomic mass is 9.67. The number of imidazole rings is 1. The smallest absolute Gasteiger partial charge is 0.393 e. The quantitative estimate of drug-likeness (QED) is 0.600. The molecule has 4 heteroatoms. The topological polar surface area (TPSA) is 8.81 Å². The Balaban J connectivity index is 3.36. The van der Waals surface area contributed by atoms with Gasteiger partial charge >= 0.3 is 7.41 Å². The van der Waals surface area contributed by atoms with Crippen molar-refractivity contribution >= 4 is 14.3 Å². The molecule has 0 atom stereocenters. The maximum absolute atomic E-state index is 2.37. The maximum Gasteiger partial charge on any atom is 0.393 e. The summed E-state index contributed by atoms with van der Waals surface area (Å²) < 4.78 is 4.62. The van der Waals surface area contributed by atoms with Crippen molar-refractivity contribution in [3.63, 3.8) is 0 Å². The molecule has 2 nitrogen and oxygen atoms in total. The van der Waals surface area contributed by atoms with Gasteiger partial charge in [0.15, 0.2) is 5.82 Å². The van der Waals surface area contributed by atoms with Gasteiger partial charge in [-0.3, -0.25) is 0 Å². The van der Waals surface area contributed by atoms with E-state index in [1.807, 2.05) is 0 Å². The Morgan fingerprint density at radius 3 is 2.00 bits per heavy atom. The predicted octanol–water partition coefficient (Wildman–Crippen LogP) is 1.32. The minimum Gasteiger partial charge on any atom is -0.459 e. The summed E-state index contributed by atoms with van der Waals surface area (Å²) in [6.45, 7) is 13.6. The SMILES string of the molecule is C[B]n1c(C)c(C)[n+]([B-](C)C)c1C. The molecule has 0 unspecified atom stereocenters. The molecule has 70 valence electrons. The second-order valence-corrected chi connectivity index (χ2v) is 3.81. The van der Waals surface area contributed by atoms with E-state index in [0.717, 1.165) is 0 Å². The Labute approximate surface area is 82.3 Å². The van der Waals surface area contributed by atoms with Crippen molar-refractivity contribution < 1.29 is 4.48 Å². The van der Waals surface area contributed by atoms with Crippen molar-refractivity contribution in [1.82, 2.24) is 4.48 Å². The van der Waals surface area contributed by atoms with Crippen LogP contribution >= 0.6 is 0 Å². The summed E-state index contributed by atoms with van der Waals surface area (Å²) in [6, 6.07) is 0. The summed E-state index contributed by atoms with van der Waals surface area (Å²) in [7, 11) is 2.12. The standard InChI is InChI=1S/C9H18B2N2/c1-7-8(2)13(11(5)6)9(3)12(7)10-4/h1-6H3. The minimum absolute atomic E-state index is 0.542. The van der Waals surface area contributed by atoms with E-state index in [-0.39, 0.29) is 0 Å². The first-order chi connectivity index (χ1) is 6.00. The molecule has 0 spiro atoms. The van der Waals surface area contributed by atoms with Crippen molar-refractivity contribution in [2.24, 2.45) is 0 Å². The Morgan fingerprint density at radius 2 is 1.77 bits per heavy atom. The fourth-order valence-corrected chi connectivity index (χ4v) is 2.09. The molecule has 1 heterocycles. The fraction of sp³-hybridized carbons (Fsp3) is 0.667. The molecule has 0 bridgehead atoms. The van der Waals surface area contributed by atoms with Crippen molar-refractivity contribution in [3.05, 3.63) is 17.2 Å². The highest BCUT2D eigenvalue weighted by Crippen LogP contribution is 2.06. The number of hydrogen-bond acceptors (Lipinski definition) is 0. The largest absolute Gasteiger partial charge is 0.459 e. The average Bonchev–Trinajstić information content (AvgIpc) is 2.24. The lowest BCUT2D eigenvalue weighted by molar-refractivity contribution is -0.550. The van der Waals surface area contributed by atoms with Gasteiger partial charge in [0.05, 0.1) is 12.5 Å². The Kier molecular flexibility index (Phi) is 2.89. The first-order valence-corrected chi connectivity index (χ1v) is 4.89. The van der Waals surface area contributed by atoms with E-state index in [1.165, 1.54) is 17.2 Å². The van der Waals surface area contributed by atoms with Crippen LogP contribution in [0.5, 0.6) is 0 Å². The van der Waals surface area contributed by atoms with Gasteiger partial charge in [-0.1, -0.05) is 0 Å². The van der Waals surface area contributed by atoms with Crippen molar-refractivity contribution in [3.8, 4) is 0 Å². The van der Waals surface area contributed by atoms with Crippen LogP contribution in [0, 0.1) is 20.8 Å². The number of nitrogens with zero attached hydrogens (tertiary/aromatic N) is 2. The molecule has 0 aliphatic heterocycles. The Hall–Kier alpha value is -0.660. The van der Waals surface area contributed by atoms with Gasteiger partial charge in [-0.15, -0.1) is 0 Å². The molecule has 0 saturated carbocycles. The van der Waals surface area contributed by atoms with Crippen LogP contribution in [0.15, 0.2) is 0 Å². The number of aromatic nitrogens is 2. The highest BCUT2D eigenvalue weighted by molar-refractivity contribution is 6.46. The third-order valence-corrected chi connectivity index (χ3v) is 2.72. The average molecular weight is 176 g/mol. The molecule has 1 aromatic rings. The van der Waals surface area contributed by atoms with Crippen LogP contribution in [0.25, 0.3) is 0 Å². The van der Waals surface area contributed by atoms with Crippen LogP contribution in [0.1, 0.15) is 17.2 Å². The third-order valence-electron chi connectivity index (χ3n) is 2.72.